The number of halogens is 5. The Morgan fingerprint density at radius 1 is 1.25 bits per heavy atom. The second kappa shape index (κ2) is 9.79. The Labute approximate surface area is 127 Å². The van der Waals surface area contributed by atoms with Gasteiger partial charge in [-0.3, -0.25) is 9.78 Å². The van der Waals surface area contributed by atoms with Gasteiger partial charge in [0.2, 0.25) is 0 Å². The molecule has 0 atom stereocenters. The predicted octanol–water partition coefficient (Wildman–Crippen LogP) is 2.28. The van der Waals surface area contributed by atoms with Crippen molar-refractivity contribution in [3.8, 4) is 0 Å². The molecule has 0 spiro atoms. The SMILES string of the molecule is CNCCCNC(=O)c1ccc(C(F)(F)F)nc1.Cl.Cl. The normalized spacial score (nSPS) is 10.2. The van der Waals surface area contributed by atoms with Crippen molar-refractivity contribution in [3.05, 3.63) is 29.6 Å². The Morgan fingerprint density at radius 2 is 1.90 bits per heavy atom. The molecule has 1 aromatic heterocycles. The van der Waals surface area contributed by atoms with Gasteiger partial charge in [0.05, 0.1) is 5.56 Å². The first kappa shape index (κ1) is 21.3. The predicted molar refractivity (Wildman–Crippen MR) is 74.6 cm³/mol. The van der Waals surface area contributed by atoms with Gasteiger partial charge in [0.15, 0.2) is 0 Å². The number of carbonyl (C=O) groups is 1. The van der Waals surface area contributed by atoms with Crippen LogP contribution in [0.4, 0.5) is 13.2 Å². The van der Waals surface area contributed by atoms with Gasteiger partial charge in [0.25, 0.3) is 5.91 Å². The first-order valence-corrected chi connectivity index (χ1v) is 5.41. The average molecular weight is 334 g/mol. The third-order valence-electron chi connectivity index (χ3n) is 2.21. The lowest BCUT2D eigenvalue weighted by molar-refractivity contribution is -0.141. The molecular formula is C11H16Cl2F3N3O. The summed E-state index contributed by atoms with van der Waals surface area (Å²) in [6.45, 7) is 1.21. The van der Waals surface area contributed by atoms with E-state index >= 15 is 0 Å². The lowest BCUT2D eigenvalue weighted by atomic mass is 10.2. The molecule has 1 aromatic rings. The van der Waals surface area contributed by atoms with Crippen LogP contribution in [0.15, 0.2) is 18.3 Å². The number of carbonyl (C=O) groups excluding carboxylic acids is 1. The molecule has 0 unspecified atom stereocenters. The number of nitrogens with one attached hydrogen (secondary N) is 2. The van der Waals surface area contributed by atoms with Gasteiger partial charge in [-0.05, 0) is 32.1 Å². The van der Waals surface area contributed by atoms with Crippen LogP contribution in [0.5, 0.6) is 0 Å². The van der Waals surface area contributed by atoms with E-state index < -0.39 is 17.8 Å². The number of pyridine rings is 1. The van der Waals surface area contributed by atoms with Crippen molar-refractivity contribution in [1.29, 1.82) is 0 Å². The first-order chi connectivity index (χ1) is 8.45. The van der Waals surface area contributed by atoms with Crippen LogP contribution in [0.25, 0.3) is 0 Å². The number of hydrogen-bond acceptors (Lipinski definition) is 3. The van der Waals surface area contributed by atoms with E-state index in [1.807, 2.05) is 0 Å². The first-order valence-electron chi connectivity index (χ1n) is 5.41. The zero-order chi connectivity index (χ0) is 13.6. The van der Waals surface area contributed by atoms with Crippen LogP contribution in [0.3, 0.4) is 0 Å². The summed E-state index contributed by atoms with van der Waals surface area (Å²) < 4.78 is 36.7. The van der Waals surface area contributed by atoms with Crippen LogP contribution in [0, 0.1) is 0 Å². The Kier molecular flexibility index (Phi) is 10.4. The topological polar surface area (TPSA) is 54.0 Å². The zero-order valence-electron chi connectivity index (χ0n) is 10.7. The Hall–Kier alpha value is -1.05. The molecule has 2 N–H and O–H groups in total. The lowest BCUT2D eigenvalue weighted by Crippen LogP contribution is -2.26. The van der Waals surface area contributed by atoms with Crippen molar-refractivity contribution in [3.63, 3.8) is 0 Å². The summed E-state index contributed by atoms with van der Waals surface area (Å²) in [7, 11) is 1.79. The van der Waals surface area contributed by atoms with E-state index in [0.29, 0.717) is 6.54 Å². The molecule has 4 nitrogen and oxygen atoms in total. The fraction of sp³-hybridized carbons (Fsp3) is 0.455. The molecule has 116 valence electrons. The van der Waals surface area contributed by atoms with Gasteiger partial charge >= 0.3 is 6.18 Å². The van der Waals surface area contributed by atoms with Crippen molar-refractivity contribution in [2.75, 3.05) is 20.1 Å². The maximum Gasteiger partial charge on any atom is 0.433 e. The van der Waals surface area contributed by atoms with Crippen molar-refractivity contribution >= 4 is 30.7 Å². The molecule has 0 aromatic carbocycles. The third-order valence-corrected chi connectivity index (χ3v) is 2.21. The van der Waals surface area contributed by atoms with E-state index in [4.69, 9.17) is 0 Å². The van der Waals surface area contributed by atoms with Gasteiger partial charge in [-0.25, -0.2) is 0 Å². The molecule has 0 radical (unpaired) electrons. The number of hydrogen-bond donors (Lipinski definition) is 2. The smallest absolute Gasteiger partial charge is 0.352 e. The molecule has 0 aliphatic rings. The minimum Gasteiger partial charge on any atom is -0.352 e. The van der Waals surface area contributed by atoms with Crippen LogP contribution >= 0.6 is 24.8 Å². The summed E-state index contributed by atoms with van der Waals surface area (Å²) in [5.41, 5.74) is -0.887. The molecule has 0 saturated carbocycles. The fourth-order valence-electron chi connectivity index (χ4n) is 1.27. The summed E-state index contributed by atoms with van der Waals surface area (Å²) in [6.07, 6.45) is -2.81. The molecule has 0 fully saturated rings. The van der Waals surface area contributed by atoms with E-state index in [9.17, 15) is 18.0 Å². The molecule has 0 bridgehead atoms. The van der Waals surface area contributed by atoms with E-state index in [0.717, 1.165) is 31.3 Å². The van der Waals surface area contributed by atoms with Crippen molar-refractivity contribution in [2.45, 2.75) is 12.6 Å². The standard InChI is InChI=1S/C11H14F3N3O.2ClH/c1-15-5-2-6-16-10(18)8-3-4-9(17-7-8)11(12,13)14;;/h3-4,7,15H,2,5-6H2,1H3,(H,16,18);2*1H. The number of nitrogens with zero attached hydrogens (tertiary/aromatic N) is 1. The summed E-state index contributed by atoms with van der Waals surface area (Å²) in [5, 5.41) is 5.51. The molecule has 0 aliphatic carbocycles. The van der Waals surface area contributed by atoms with E-state index in [-0.39, 0.29) is 30.4 Å². The van der Waals surface area contributed by atoms with Gasteiger partial charge < -0.3 is 10.6 Å². The highest BCUT2D eigenvalue weighted by Gasteiger charge is 2.32. The summed E-state index contributed by atoms with van der Waals surface area (Å²) >= 11 is 0. The molecule has 9 heteroatoms. The largest absolute Gasteiger partial charge is 0.433 e. The number of alkyl halides is 3. The molecule has 1 amide bonds. The molecule has 1 rings (SSSR count). The van der Waals surface area contributed by atoms with Crippen LogP contribution in [-0.2, 0) is 6.18 Å². The second-order valence-electron chi connectivity index (χ2n) is 3.64. The number of rotatable bonds is 5. The van der Waals surface area contributed by atoms with Crippen LogP contribution < -0.4 is 10.6 Å². The average Bonchev–Trinajstić information content (AvgIpc) is 2.33. The minimum absolute atomic E-state index is 0. The van der Waals surface area contributed by atoms with Crippen molar-refractivity contribution < 1.29 is 18.0 Å². The third kappa shape index (κ3) is 6.93. The lowest BCUT2D eigenvalue weighted by Gasteiger charge is -2.07. The van der Waals surface area contributed by atoms with Gasteiger partial charge in [-0.15, -0.1) is 24.8 Å². The van der Waals surface area contributed by atoms with Crippen molar-refractivity contribution in [2.24, 2.45) is 0 Å². The monoisotopic (exact) mass is 333 g/mol. The molecule has 20 heavy (non-hydrogen) atoms. The number of amides is 1. The molecule has 1 heterocycles. The van der Waals surface area contributed by atoms with Crippen LogP contribution in [0.2, 0.25) is 0 Å². The molecular weight excluding hydrogens is 318 g/mol. The molecule has 0 saturated heterocycles. The maximum absolute atomic E-state index is 12.2. The van der Waals surface area contributed by atoms with Gasteiger partial charge in [0.1, 0.15) is 5.69 Å². The molecule has 0 aliphatic heterocycles. The van der Waals surface area contributed by atoms with E-state index in [2.05, 4.69) is 15.6 Å². The fourth-order valence-corrected chi connectivity index (χ4v) is 1.27. The summed E-state index contributed by atoms with van der Waals surface area (Å²) in [4.78, 5) is 14.7. The Bertz CT molecular complexity index is 399. The summed E-state index contributed by atoms with van der Waals surface area (Å²) in [6, 6.07) is 1.91. The van der Waals surface area contributed by atoms with E-state index in [1.54, 1.807) is 7.05 Å². The second-order valence-corrected chi connectivity index (χ2v) is 3.64. The highest BCUT2D eigenvalue weighted by Crippen LogP contribution is 2.27. The zero-order valence-corrected chi connectivity index (χ0v) is 12.3. The van der Waals surface area contributed by atoms with Crippen molar-refractivity contribution in [1.82, 2.24) is 15.6 Å². The highest BCUT2D eigenvalue weighted by atomic mass is 35.5. The van der Waals surface area contributed by atoms with E-state index in [1.165, 1.54) is 0 Å². The van der Waals surface area contributed by atoms with Crippen LogP contribution in [-0.4, -0.2) is 31.0 Å². The quantitative estimate of drug-likeness (QED) is 0.813. The Morgan fingerprint density at radius 3 is 2.35 bits per heavy atom. The maximum atomic E-state index is 12.2. The number of aromatic nitrogens is 1. The van der Waals surface area contributed by atoms with Crippen LogP contribution in [0.1, 0.15) is 22.5 Å². The van der Waals surface area contributed by atoms with Gasteiger partial charge in [-0.1, -0.05) is 0 Å². The van der Waals surface area contributed by atoms with Gasteiger partial charge in [-0.2, -0.15) is 13.2 Å². The Balaban J connectivity index is 0. The highest BCUT2D eigenvalue weighted by molar-refractivity contribution is 5.93. The minimum atomic E-state index is -4.48. The van der Waals surface area contributed by atoms with Gasteiger partial charge in [0, 0.05) is 12.7 Å². The summed E-state index contributed by atoms with van der Waals surface area (Å²) in [5.74, 6) is -0.424.